The summed E-state index contributed by atoms with van der Waals surface area (Å²) in [5, 5.41) is 3.97. The summed E-state index contributed by atoms with van der Waals surface area (Å²) in [6.07, 6.45) is 7.33. The summed E-state index contributed by atoms with van der Waals surface area (Å²) in [5.74, 6) is 0.871. The Bertz CT molecular complexity index is 746. The topological polar surface area (TPSA) is 58.1 Å². The molecule has 0 bridgehead atoms. The van der Waals surface area contributed by atoms with Crippen molar-refractivity contribution < 1.29 is 4.79 Å². The number of carbonyl (C=O) groups is 1. The predicted octanol–water partition coefficient (Wildman–Crippen LogP) is 2.95. The maximum Gasteiger partial charge on any atom is 0.230 e. The monoisotopic (exact) mass is 356 g/mol. The van der Waals surface area contributed by atoms with Crippen molar-refractivity contribution in [3.63, 3.8) is 0 Å². The summed E-state index contributed by atoms with van der Waals surface area (Å²) in [6, 6.07) is 9.61. The van der Waals surface area contributed by atoms with Crippen LogP contribution in [0.4, 0.5) is 5.95 Å². The van der Waals surface area contributed by atoms with E-state index in [0.717, 1.165) is 50.3 Å². The number of piperidine rings is 1. The third-order valence-corrected chi connectivity index (χ3v) is 5.43. The molecule has 1 aliphatic heterocycles. The second-order valence-electron chi connectivity index (χ2n) is 6.90. The summed E-state index contributed by atoms with van der Waals surface area (Å²) in [7, 11) is 0. The first-order valence-electron chi connectivity index (χ1n) is 8.76. The van der Waals surface area contributed by atoms with Crippen LogP contribution in [0, 0.1) is 0 Å². The molecule has 1 amide bonds. The highest BCUT2D eigenvalue weighted by molar-refractivity contribution is 6.30. The van der Waals surface area contributed by atoms with E-state index in [1.54, 1.807) is 12.4 Å². The fraction of sp³-hybridized carbons (Fsp3) is 0.421. The van der Waals surface area contributed by atoms with Gasteiger partial charge < -0.3 is 10.2 Å². The molecule has 1 aliphatic carbocycles. The van der Waals surface area contributed by atoms with E-state index in [1.807, 2.05) is 30.3 Å². The number of hydrogen-bond donors (Lipinski definition) is 1. The first-order valence-corrected chi connectivity index (χ1v) is 9.14. The summed E-state index contributed by atoms with van der Waals surface area (Å²) < 4.78 is 0. The van der Waals surface area contributed by atoms with E-state index in [1.165, 1.54) is 0 Å². The van der Waals surface area contributed by atoms with Crippen LogP contribution in [0.25, 0.3) is 0 Å². The van der Waals surface area contributed by atoms with Gasteiger partial charge in [-0.25, -0.2) is 9.97 Å². The molecule has 1 aromatic heterocycles. The number of aromatic nitrogens is 2. The molecule has 1 atom stereocenters. The zero-order valence-electron chi connectivity index (χ0n) is 14.0. The summed E-state index contributed by atoms with van der Waals surface area (Å²) >= 11 is 5.97. The Morgan fingerprint density at radius 3 is 2.60 bits per heavy atom. The van der Waals surface area contributed by atoms with Crippen LogP contribution < -0.4 is 10.2 Å². The van der Waals surface area contributed by atoms with Crippen LogP contribution in [-0.4, -0.2) is 35.0 Å². The van der Waals surface area contributed by atoms with E-state index < -0.39 is 0 Å². The second kappa shape index (κ2) is 6.64. The largest absolute Gasteiger partial charge is 0.351 e. The highest BCUT2D eigenvalue weighted by Crippen LogP contribution is 2.48. The van der Waals surface area contributed by atoms with Crippen LogP contribution >= 0.6 is 11.6 Å². The molecule has 2 aromatic rings. The van der Waals surface area contributed by atoms with Gasteiger partial charge >= 0.3 is 0 Å². The van der Waals surface area contributed by atoms with Crippen LogP contribution in [0.5, 0.6) is 0 Å². The van der Waals surface area contributed by atoms with Crippen molar-refractivity contribution in [1.82, 2.24) is 15.3 Å². The van der Waals surface area contributed by atoms with Gasteiger partial charge in [-0.15, -0.1) is 0 Å². The Morgan fingerprint density at radius 2 is 1.92 bits per heavy atom. The van der Waals surface area contributed by atoms with E-state index >= 15 is 0 Å². The van der Waals surface area contributed by atoms with Crippen LogP contribution in [0.3, 0.4) is 0 Å². The number of amides is 1. The zero-order chi connectivity index (χ0) is 17.3. The molecule has 130 valence electrons. The molecule has 0 spiro atoms. The third kappa shape index (κ3) is 3.33. The van der Waals surface area contributed by atoms with Crippen molar-refractivity contribution in [2.45, 2.75) is 37.1 Å². The Kier molecular flexibility index (Phi) is 4.34. The van der Waals surface area contributed by atoms with Crippen molar-refractivity contribution in [2.75, 3.05) is 18.0 Å². The number of rotatable bonds is 4. The van der Waals surface area contributed by atoms with Gasteiger partial charge in [-0.2, -0.15) is 0 Å². The number of benzene rings is 1. The van der Waals surface area contributed by atoms with Crippen molar-refractivity contribution in [1.29, 1.82) is 0 Å². The zero-order valence-corrected chi connectivity index (χ0v) is 14.7. The Morgan fingerprint density at radius 1 is 1.20 bits per heavy atom. The molecule has 1 saturated heterocycles. The first kappa shape index (κ1) is 16.3. The highest BCUT2D eigenvalue weighted by atomic mass is 35.5. The Balaban J connectivity index is 1.43. The number of halogens is 1. The lowest BCUT2D eigenvalue weighted by molar-refractivity contribution is -0.124. The van der Waals surface area contributed by atoms with Gasteiger partial charge in [0.15, 0.2) is 0 Å². The van der Waals surface area contributed by atoms with Crippen LogP contribution in [0.2, 0.25) is 5.02 Å². The van der Waals surface area contributed by atoms with Crippen LogP contribution in [0.15, 0.2) is 42.7 Å². The smallest absolute Gasteiger partial charge is 0.230 e. The maximum atomic E-state index is 12.9. The molecule has 2 aliphatic rings. The van der Waals surface area contributed by atoms with Gasteiger partial charge in [0.1, 0.15) is 0 Å². The molecule has 1 aromatic carbocycles. The normalized spacial score (nSPS) is 21.6. The number of carbonyl (C=O) groups excluding carboxylic acids is 1. The minimum Gasteiger partial charge on any atom is -0.351 e. The van der Waals surface area contributed by atoms with Gasteiger partial charge in [0.05, 0.1) is 5.41 Å². The number of nitrogens with one attached hydrogen (secondary N) is 1. The van der Waals surface area contributed by atoms with Gasteiger partial charge in [-0.05, 0) is 49.4 Å². The number of hydrogen-bond acceptors (Lipinski definition) is 4. The van der Waals surface area contributed by atoms with Gasteiger partial charge in [0, 0.05) is 36.5 Å². The van der Waals surface area contributed by atoms with Crippen molar-refractivity contribution in [3.05, 3.63) is 53.3 Å². The molecule has 0 unspecified atom stereocenters. The summed E-state index contributed by atoms with van der Waals surface area (Å²) in [6.45, 7) is 1.69. The molecule has 0 radical (unpaired) electrons. The maximum absolute atomic E-state index is 12.9. The molecule has 1 N–H and O–H groups in total. The molecule has 6 heteroatoms. The lowest BCUT2D eigenvalue weighted by atomic mass is 9.94. The minimum absolute atomic E-state index is 0.134. The molecule has 4 rings (SSSR count). The molecule has 5 nitrogen and oxygen atoms in total. The van der Waals surface area contributed by atoms with Crippen molar-refractivity contribution in [2.24, 2.45) is 0 Å². The standard InChI is InChI=1S/C19H21ClN4O/c20-15-6-4-14(5-7-15)19(8-9-19)17(25)23-16-3-1-12-24(13-16)18-21-10-2-11-22-18/h2,4-7,10-11,16H,1,3,8-9,12-13H2,(H,23,25)/t16-/m0/s1. The van der Waals surface area contributed by atoms with Crippen molar-refractivity contribution in [3.8, 4) is 0 Å². The van der Waals surface area contributed by atoms with E-state index in [9.17, 15) is 4.79 Å². The Hall–Kier alpha value is -2.14. The second-order valence-corrected chi connectivity index (χ2v) is 7.33. The Labute approximate surface area is 152 Å². The number of anilines is 1. The fourth-order valence-corrected chi connectivity index (χ4v) is 3.72. The van der Waals surface area contributed by atoms with E-state index in [4.69, 9.17) is 11.6 Å². The average molecular weight is 357 g/mol. The van der Waals surface area contributed by atoms with Gasteiger partial charge in [0.25, 0.3) is 0 Å². The van der Waals surface area contributed by atoms with Crippen molar-refractivity contribution >= 4 is 23.5 Å². The van der Waals surface area contributed by atoms with E-state index in [0.29, 0.717) is 5.02 Å². The quantitative estimate of drug-likeness (QED) is 0.915. The minimum atomic E-state index is -0.365. The predicted molar refractivity (Wildman–Crippen MR) is 97.8 cm³/mol. The molecule has 1 saturated carbocycles. The summed E-state index contributed by atoms with van der Waals surface area (Å²) in [5.41, 5.74) is 0.698. The lowest BCUT2D eigenvalue weighted by Crippen LogP contribution is -2.50. The van der Waals surface area contributed by atoms with Gasteiger partial charge in [-0.3, -0.25) is 4.79 Å². The molecule has 2 heterocycles. The molecule has 2 fully saturated rings. The van der Waals surface area contributed by atoms with Crippen LogP contribution in [-0.2, 0) is 10.2 Å². The van der Waals surface area contributed by atoms with E-state index in [-0.39, 0.29) is 17.4 Å². The summed E-state index contributed by atoms with van der Waals surface area (Å²) in [4.78, 5) is 23.7. The molecular weight excluding hydrogens is 336 g/mol. The van der Waals surface area contributed by atoms with Gasteiger partial charge in [-0.1, -0.05) is 23.7 Å². The third-order valence-electron chi connectivity index (χ3n) is 5.17. The van der Waals surface area contributed by atoms with Crippen LogP contribution in [0.1, 0.15) is 31.2 Å². The fourth-order valence-electron chi connectivity index (χ4n) is 3.60. The SMILES string of the molecule is O=C(N[C@H]1CCCN(c2ncccn2)C1)C1(c2ccc(Cl)cc2)CC1. The number of nitrogens with zero attached hydrogens (tertiary/aromatic N) is 3. The molecule has 25 heavy (non-hydrogen) atoms. The van der Waals surface area contributed by atoms with Gasteiger partial charge in [0.2, 0.25) is 11.9 Å². The lowest BCUT2D eigenvalue weighted by Gasteiger charge is -2.34. The highest BCUT2D eigenvalue weighted by Gasteiger charge is 2.51. The first-order chi connectivity index (χ1) is 12.2. The molecular formula is C19H21ClN4O. The average Bonchev–Trinajstić information content (AvgIpc) is 3.45. The van der Waals surface area contributed by atoms with E-state index in [2.05, 4.69) is 20.2 Å².